The minimum atomic E-state index is -0.948. The smallest absolute Gasteiger partial charge is 0.318 e. The summed E-state index contributed by atoms with van der Waals surface area (Å²) in [5, 5.41) is 11.6. The van der Waals surface area contributed by atoms with Crippen LogP contribution < -0.4 is 16.6 Å². The summed E-state index contributed by atoms with van der Waals surface area (Å²) in [5.74, 6) is -0.745. The number of rotatable bonds is 4. The molecule has 9 heteroatoms. The van der Waals surface area contributed by atoms with Gasteiger partial charge in [0.05, 0.1) is 34.0 Å². The van der Waals surface area contributed by atoms with Crippen LogP contribution in [0.15, 0.2) is 58.5 Å². The highest BCUT2D eigenvalue weighted by Crippen LogP contribution is 2.21. The first-order chi connectivity index (χ1) is 13.0. The number of nitriles is 1. The number of nitrogens with zero attached hydrogens (tertiary/aromatic N) is 3. The molecule has 0 unspecified atom stereocenters. The van der Waals surface area contributed by atoms with Crippen molar-refractivity contribution in [3.8, 4) is 11.8 Å². The number of urea groups is 1. The van der Waals surface area contributed by atoms with Crippen molar-refractivity contribution in [1.29, 1.82) is 5.26 Å². The SMILES string of the molecule is N#Cc1ccc(-n2c(SCC(=O)NC(N)=O)nc3ccccc3c2=O)cc1. The van der Waals surface area contributed by atoms with Crippen molar-refractivity contribution in [1.82, 2.24) is 14.9 Å². The van der Waals surface area contributed by atoms with E-state index in [4.69, 9.17) is 11.0 Å². The van der Waals surface area contributed by atoms with Crippen LogP contribution in [0.3, 0.4) is 0 Å². The lowest BCUT2D eigenvalue weighted by Gasteiger charge is -2.13. The molecule has 0 aliphatic carbocycles. The number of hydrogen-bond acceptors (Lipinski definition) is 6. The van der Waals surface area contributed by atoms with Gasteiger partial charge < -0.3 is 5.73 Å². The molecule has 2 aromatic carbocycles. The molecule has 3 rings (SSSR count). The Morgan fingerprint density at radius 1 is 1.19 bits per heavy atom. The van der Waals surface area contributed by atoms with Gasteiger partial charge in [0, 0.05) is 0 Å². The van der Waals surface area contributed by atoms with E-state index in [1.54, 1.807) is 48.5 Å². The van der Waals surface area contributed by atoms with Crippen LogP contribution in [-0.2, 0) is 4.79 Å². The monoisotopic (exact) mass is 379 g/mol. The number of carbonyl (C=O) groups is 2. The lowest BCUT2D eigenvalue weighted by Crippen LogP contribution is -2.36. The number of imide groups is 1. The third-order valence-electron chi connectivity index (χ3n) is 3.59. The lowest BCUT2D eigenvalue weighted by molar-refractivity contribution is -0.117. The molecule has 0 bridgehead atoms. The molecule has 27 heavy (non-hydrogen) atoms. The lowest BCUT2D eigenvalue weighted by atomic mass is 10.2. The molecule has 0 saturated heterocycles. The third kappa shape index (κ3) is 3.96. The van der Waals surface area contributed by atoms with E-state index in [9.17, 15) is 14.4 Å². The maximum atomic E-state index is 13.0. The van der Waals surface area contributed by atoms with Crippen molar-refractivity contribution in [2.24, 2.45) is 5.73 Å². The van der Waals surface area contributed by atoms with Crippen molar-refractivity contribution in [3.63, 3.8) is 0 Å². The Hall–Kier alpha value is -3.64. The zero-order chi connectivity index (χ0) is 19.4. The molecule has 0 radical (unpaired) electrons. The van der Waals surface area contributed by atoms with E-state index in [0.717, 1.165) is 11.8 Å². The zero-order valence-corrected chi connectivity index (χ0v) is 14.7. The zero-order valence-electron chi connectivity index (χ0n) is 13.9. The van der Waals surface area contributed by atoms with Gasteiger partial charge in [0.25, 0.3) is 5.56 Å². The summed E-state index contributed by atoms with van der Waals surface area (Å²) >= 11 is 0.998. The molecule has 8 nitrogen and oxygen atoms in total. The number of benzene rings is 2. The predicted molar refractivity (Wildman–Crippen MR) is 101 cm³/mol. The molecule has 3 N–H and O–H groups in total. The maximum Gasteiger partial charge on any atom is 0.318 e. The van der Waals surface area contributed by atoms with Crippen LogP contribution in [0.4, 0.5) is 4.79 Å². The largest absolute Gasteiger partial charge is 0.351 e. The van der Waals surface area contributed by atoms with Crippen molar-refractivity contribution in [3.05, 3.63) is 64.4 Å². The summed E-state index contributed by atoms with van der Waals surface area (Å²) in [7, 11) is 0. The van der Waals surface area contributed by atoms with E-state index in [1.165, 1.54) is 4.57 Å². The van der Waals surface area contributed by atoms with Gasteiger partial charge in [-0.1, -0.05) is 23.9 Å². The van der Waals surface area contributed by atoms with Crippen molar-refractivity contribution >= 4 is 34.6 Å². The van der Waals surface area contributed by atoms with E-state index >= 15 is 0 Å². The number of primary amides is 1. The number of fused-ring (bicyclic) bond motifs is 1. The van der Waals surface area contributed by atoms with E-state index in [-0.39, 0.29) is 16.5 Å². The Labute approximate surface area is 157 Å². The Morgan fingerprint density at radius 2 is 1.89 bits per heavy atom. The second-order valence-electron chi connectivity index (χ2n) is 5.41. The number of thioether (sulfide) groups is 1. The maximum absolute atomic E-state index is 13.0. The van der Waals surface area contributed by atoms with Crippen LogP contribution in [0.5, 0.6) is 0 Å². The fourth-order valence-electron chi connectivity index (χ4n) is 2.43. The van der Waals surface area contributed by atoms with Gasteiger partial charge in [0.1, 0.15) is 0 Å². The average molecular weight is 379 g/mol. The summed E-state index contributed by atoms with van der Waals surface area (Å²) in [6.07, 6.45) is 0. The standard InChI is InChI=1S/C18H13N5O3S/c19-9-11-5-7-12(8-6-11)23-16(25)13-3-1-2-4-14(13)21-18(23)27-10-15(24)22-17(20)26/h1-8H,10H2,(H3,20,22,24,26). The Morgan fingerprint density at radius 3 is 2.56 bits per heavy atom. The highest BCUT2D eigenvalue weighted by atomic mass is 32.2. The summed E-state index contributed by atoms with van der Waals surface area (Å²) in [6, 6.07) is 14.4. The van der Waals surface area contributed by atoms with Gasteiger partial charge in [-0.3, -0.25) is 19.5 Å². The molecule has 134 valence electrons. The highest BCUT2D eigenvalue weighted by Gasteiger charge is 2.15. The Balaban J connectivity index is 2.09. The number of carbonyl (C=O) groups excluding carboxylic acids is 2. The summed E-state index contributed by atoms with van der Waals surface area (Å²) in [5.41, 5.74) is 6.08. The van der Waals surface area contributed by atoms with Crippen LogP contribution in [-0.4, -0.2) is 27.2 Å². The number of aromatic nitrogens is 2. The van der Waals surface area contributed by atoms with Crippen molar-refractivity contribution in [2.45, 2.75) is 5.16 Å². The average Bonchev–Trinajstić information content (AvgIpc) is 2.66. The number of nitrogens with two attached hydrogens (primary N) is 1. The molecule has 3 amide bonds. The van der Waals surface area contributed by atoms with E-state index in [1.807, 2.05) is 11.4 Å². The summed E-state index contributed by atoms with van der Waals surface area (Å²) < 4.78 is 1.37. The molecule has 0 spiro atoms. The first-order valence-electron chi connectivity index (χ1n) is 7.74. The second-order valence-corrected chi connectivity index (χ2v) is 6.35. The third-order valence-corrected chi connectivity index (χ3v) is 4.53. The van der Waals surface area contributed by atoms with Crippen LogP contribution in [0.25, 0.3) is 16.6 Å². The quantitative estimate of drug-likeness (QED) is 0.522. The molecule has 0 aliphatic heterocycles. The Bertz CT molecular complexity index is 1130. The normalized spacial score (nSPS) is 10.3. The highest BCUT2D eigenvalue weighted by molar-refractivity contribution is 7.99. The molecule has 0 fully saturated rings. The molecular formula is C18H13N5O3S. The van der Waals surface area contributed by atoms with Crippen LogP contribution in [0.1, 0.15) is 5.56 Å². The van der Waals surface area contributed by atoms with Crippen molar-refractivity contribution in [2.75, 3.05) is 5.75 Å². The fourth-order valence-corrected chi connectivity index (χ4v) is 3.24. The van der Waals surface area contributed by atoms with E-state index in [0.29, 0.717) is 22.2 Å². The van der Waals surface area contributed by atoms with Gasteiger partial charge in [-0.15, -0.1) is 0 Å². The number of nitrogens with one attached hydrogen (secondary N) is 1. The topological polar surface area (TPSA) is 131 Å². The van der Waals surface area contributed by atoms with Crippen molar-refractivity contribution < 1.29 is 9.59 Å². The van der Waals surface area contributed by atoms with Gasteiger partial charge in [0.2, 0.25) is 5.91 Å². The number of hydrogen-bond donors (Lipinski definition) is 2. The molecule has 1 aromatic heterocycles. The minimum Gasteiger partial charge on any atom is -0.351 e. The predicted octanol–water partition coefficient (Wildman–Crippen LogP) is 1.54. The molecule has 3 aromatic rings. The first kappa shape index (κ1) is 18.2. The molecule has 0 atom stereocenters. The molecule has 0 saturated carbocycles. The summed E-state index contributed by atoms with van der Waals surface area (Å²) in [4.78, 5) is 40.0. The van der Waals surface area contributed by atoms with Gasteiger partial charge in [-0.05, 0) is 36.4 Å². The van der Waals surface area contributed by atoms with Crippen LogP contribution in [0, 0.1) is 11.3 Å². The van der Waals surface area contributed by atoms with Crippen LogP contribution >= 0.6 is 11.8 Å². The van der Waals surface area contributed by atoms with Crippen LogP contribution in [0.2, 0.25) is 0 Å². The van der Waals surface area contributed by atoms with E-state index in [2.05, 4.69) is 4.98 Å². The molecule has 0 aliphatic rings. The minimum absolute atomic E-state index is 0.149. The van der Waals surface area contributed by atoms with Gasteiger partial charge in [0.15, 0.2) is 5.16 Å². The first-order valence-corrected chi connectivity index (χ1v) is 8.72. The Kier molecular flexibility index (Phi) is 5.19. The van der Waals surface area contributed by atoms with E-state index < -0.39 is 11.9 Å². The number of para-hydroxylation sites is 1. The number of amides is 3. The van der Waals surface area contributed by atoms with Gasteiger partial charge in [-0.25, -0.2) is 9.78 Å². The van der Waals surface area contributed by atoms with Gasteiger partial charge in [-0.2, -0.15) is 5.26 Å². The molecular weight excluding hydrogens is 366 g/mol. The fraction of sp³-hybridized carbons (Fsp3) is 0.0556. The summed E-state index contributed by atoms with van der Waals surface area (Å²) in [6.45, 7) is 0. The van der Waals surface area contributed by atoms with Gasteiger partial charge >= 0.3 is 6.03 Å². The molecule has 1 heterocycles. The second kappa shape index (κ2) is 7.72.